The van der Waals surface area contributed by atoms with Gasteiger partial charge in [-0.15, -0.1) is 0 Å². The van der Waals surface area contributed by atoms with E-state index in [1.807, 2.05) is 19.9 Å². The number of rotatable bonds is 10. The van der Waals surface area contributed by atoms with Crippen molar-refractivity contribution in [1.82, 2.24) is 10.3 Å². The normalized spacial score (nSPS) is 18.3. The number of nitrogens with zero attached hydrogens (tertiary/aromatic N) is 2. The van der Waals surface area contributed by atoms with Crippen LogP contribution >= 0.6 is 0 Å². The fourth-order valence-electron chi connectivity index (χ4n) is 3.78. The lowest BCUT2D eigenvalue weighted by Gasteiger charge is -2.24. The van der Waals surface area contributed by atoms with Crippen LogP contribution in [0.4, 0.5) is 0 Å². The van der Waals surface area contributed by atoms with E-state index in [-0.39, 0.29) is 36.6 Å². The minimum absolute atomic E-state index is 0.0508. The predicted octanol–water partition coefficient (Wildman–Crippen LogP) is 3.33. The number of pyridine rings is 1. The van der Waals surface area contributed by atoms with Crippen molar-refractivity contribution >= 4 is 17.7 Å². The Morgan fingerprint density at radius 1 is 1.37 bits per heavy atom. The zero-order valence-corrected chi connectivity index (χ0v) is 17.8. The molecule has 7 nitrogen and oxygen atoms in total. The van der Waals surface area contributed by atoms with Gasteiger partial charge in [-0.05, 0) is 37.7 Å². The quantitative estimate of drug-likeness (QED) is 0.589. The number of ketones is 1. The standard InChI is InChI=1S/C23H31N3O4/c1-16(2)10-19(12-22(28)30-15-17-6-5-9-25-14-17)23(29)26-20(13-24)11-18-7-3-4-8-21(18)27/h5-6,9,14,16,18-20H,3-4,7-8,10-12,15H2,1-2H3,(H,26,29)/t18-,19+,20-/m0/s1. The minimum Gasteiger partial charge on any atom is -0.461 e. The van der Waals surface area contributed by atoms with Gasteiger partial charge in [-0.2, -0.15) is 5.26 Å². The number of nitriles is 1. The molecule has 1 aromatic rings. The summed E-state index contributed by atoms with van der Waals surface area (Å²) in [5.74, 6) is -1.17. The topological polar surface area (TPSA) is 109 Å². The van der Waals surface area contributed by atoms with E-state index in [1.54, 1.807) is 18.5 Å². The molecule has 2 rings (SSSR count). The average Bonchev–Trinajstić information content (AvgIpc) is 2.73. The summed E-state index contributed by atoms with van der Waals surface area (Å²) in [6.07, 6.45) is 7.24. The molecule has 3 atom stereocenters. The van der Waals surface area contributed by atoms with Crippen molar-refractivity contribution < 1.29 is 19.1 Å². The number of Topliss-reactive ketones (excluding diaryl/α,β-unsaturated/α-hetero) is 1. The van der Waals surface area contributed by atoms with Crippen molar-refractivity contribution in [2.24, 2.45) is 17.8 Å². The number of ether oxygens (including phenoxy) is 1. The highest BCUT2D eigenvalue weighted by Crippen LogP contribution is 2.25. The van der Waals surface area contributed by atoms with Crippen molar-refractivity contribution in [2.75, 3.05) is 0 Å². The molecule has 0 spiro atoms. The van der Waals surface area contributed by atoms with E-state index in [0.29, 0.717) is 19.3 Å². The summed E-state index contributed by atoms with van der Waals surface area (Å²) in [5.41, 5.74) is 0.775. The molecule has 7 heteroatoms. The molecule has 0 bridgehead atoms. The van der Waals surface area contributed by atoms with Crippen LogP contribution in [-0.2, 0) is 25.7 Å². The minimum atomic E-state index is -0.731. The molecule has 1 fully saturated rings. The van der Waals surface area contributed by atoms with Crippen molar-refractivity contribution in [2.45, 2.75) is 71.4 Å². The van der Waals surface area contributed by atoms with Crippen LogP contribution < -0.4 is 5.32 Å². The van der Waals surface area contributed by atoms with Crippen LogP contribution in [-0.4, -0.2) is 28.7 Å². The lowest BCUT2D eigenvalue weighted by Crippen LogP contribution is -2.41. The Balaban J connectivity index is 1.91. The second kappa shape index (κ2) is 12.1. The molecule has 1 aromatic heterocycles. The smallest absolute Gasteiger partial charge is 0.306 e. The molecule has 30 heavy (non-hydrogen) atoms. The molecule has 0 aromatic carbocycles. The van der Waals surface area contributed by atoms with Crippen LogP contribution in [0, 0.1) is 29.1 Å². The second-order valence-electron chi connectivity index (χ2n) is 8.39. The molecule has 162 valence electrons. The molecule has 1 heterocycles. The van der Waals surface area contributed by atoms with E-state index in [2.05, 4.69) is 16.4 Å². The predicted molar refractivity (Wildman–Crippen MR) is 111 cm³/mol. The fourth-order valence-corrected chi connectivity index (χ4v) is 3.78. The molecule has 1 saturated carbocycles. The van der Waals surface area contributed by atoms with Gasteiger partial charge in [0.15, 0.2) is 0 Å². The number of esters is 1. The molecular formula is C23H31N3O4. The maximum atomic E-state index is 12.8. The first kappa shape index (κ1) is 23.5. The van der Waals surface area contributed by atoms with Crippen LogP contribution in [0.3, 0.4) is 0 Å². The monoisotopic (exact) mass is 413 g/mol. The first-order valence-corrected chi connectivity index (χ1v) is 10.7. The number of aromatic nitrogens is 1. The van der Waals surface area contributed by atoms with Gasteiger partial charge in [0.05, 0.1) is 12.5 Å². The summed E-state index contributed by atoms with van der Waals surface area (Å²) < 4.78 is 5.29. The van der Waals surface area contributed by atoms with Gasteiger partial charge in [-0.3, -0.25) is 19.4 Å². The third-order valence-electron chi connectivity index (χ3n) is 5.34. The first-order valence-electron chi connectivity index (χ1n) is 10.7. The summed E-state index contributed by atoms with van der Waals surface area (Å²) in [6, 6.07) is 4.94. The summed E-state index contributed by atoms with van der Waals surface area (Å²) in [5, 5.41) is 12.2. The Bertz CT molecular complexity index is 757. The van der Waals surface area contributed by atoms with Gasteiger partial charge in [-0.1, -0.05) is 26.3 Å². The Morgan fingerprint density at radius 3 is 2.80 bits per heavy atom. The van der Waals surface area contributed by atoms with Gasteiger partial charge in [0, 0.05) is 36.2 Å². The third-order valence-corrected chi connectivity index (χ3v) is 5.34. The van der Waals surface area contributed by atoms with Crippen LogP contribution in [0.15, 0.2) is 24.5 Å². The Hall–Kier alpha value is -2.75. The molecule has 1 aliphatic carbocycles. The van der Waals surface area contributed by atoms with Crippen molar-refractivity contribution in [1.29, 1.82) is 5.26 Å². The highest BCUT2D eigenvalue weighted by Gasteiger charge is 2.29. The summed E-state index contributed by atoms with van der Waals surface area (Å²) >= 11 is 0. The SMILES string of the molecule is CC(C)C[C@H](CC(=O)OCc1cccnc1)C(=O)N[C@H](C#N)C[C@@H]1CCCCC1=O. The van der Waals surface area contributed by atoms with Gasteiger partial charge in [0.25, 0.3) is 0 Å². The molecular weight excluding hydrogens is 382 g/mol. The molecule has 0 saturated heterocycles. The van der Waals surface area contributed by atoms with Crippen LogP contribution in [0.25, 0.3) is 0 Å². The largest absolute Gasteiger partial charge is 0.461 e. The molecule has 1 aliphatic rings. The van der Waals surface area contributed by atoms with Gasteiger partial charge < -0.3 is 10.1 Å². The van der Waals surface area contributed by atoms with Crippen molar-refractivity contribution in [3.63, 3.8) is 0 Å². The Labute approximate surface area is 178 Å². The highest BCUT2D eigenvalue weighted by atomic mass is 16.5. The lowest BCUT2D eigenvalue weighted by molar-refractivity contribution is -0.148. The van der Waals surface area contributed by atoms with E-state index in [4.69, 9.17) is 4.74 Å². The van der Waals surface area contributed by atoms with Crippen molar-refractivity contribution in [3.8, 4) is 6.07 Å². The number of hydrogen-bond donors (Lipinski definition) is 1. The maximum Gasteiger partial charge on any atom is 0.306 e. The van der Waals surface area contributed by atoms with E-state index in [1.165, 1.54) is 0 Å². The lowest BCUT2D eigenvalue weighted by atomic mass is 9.83. The maximum absolute atomic E-state index is 12.8. The number of amides is 1. The fraction of sp³-hybridized carbons (Fsp3) is 0.609. The van der Waals surface area contributed by atoms with Crippen LogP contribution in [0.2, 0.25) is 0 Å². The number of hydrogen-bond acceptors (Lipinski definition) is 6. The number of nitrogens with one attached hydrogen (secondary N) is 1. The zero-order chi connectivity index (χ0) is 21.9. The summed E-state index contributed by atoms with van der Waals surface area (Å²) in [4.78, 5) is 41.1. The molecule has 0 radical (unpaired) electrons. The van der Waals surface area contributed by atoms with Gasteiger partial charge in [0.1, 0.15) is 18.4 Å². The molecule has 0 unspecified atom stereocenters. The Morgan fingerprint density at radius 2 is 2.17 bits per heavy atom. The second-order valence-corrected chi connectivity index (χ2v) is 8.39. The van der Waals surface area contributed by atoms with Gasteiger partial charge in [0.2, 0.25) is 5.91 Å². The van der Waals surface area contributed by atoms with Crippen LogP contribution in [0.1, 0.15) is 64.4 Å². The summed E-state index contributed by atoms with van der Waals surface area (Å²) in [6.45, 7) is 4.06. The van der Waals surface area contributed by atoms with Crippen LogP contribution in [0.5, 0.6) is 0 Å². The molecule has 1 N–H and O–H groups in total. The number of carbonyl (C=O) groups is 3. The van der Waals surface area contributed by atoms with Crippen molar-refractivity contribution in [3.05, 3.63) is 30.1 Å². The van der Waals surface area contributed by atoms with E-state index in [0.717, 1.165) is 24.8 Å². The van der Waals surface area contributed by atoms with Gasteiger partial charge >= 0.3 is 5.97 Å². The zero-order valence-electron chi connectivity index (χ0n) is 17.8. The summed E-state index contributed by atoms with van der Waals surface area (Å²) in [7, 11) is 0. The first-order chi connectivity index (χ1) is 14.4. The average molecular weight is 414 g/mol. The third kappa shape index (κ3) is 7.94. The van der Waals surface area contributed by atoms with E-state index < -0.39 is 17.9 Å². The molecule has 1 amide bonds. The molecule has 0 aliphatic heterocycles. The highest BCUT2D eigenvalue weighted by molar-refractivity contribution is 5.84. The van der Waals surface area contributed by atoms with E-state index in [9.17, 15) is 19.6 Å². The Kier molecular flexibility index (Phi) is 9.46. The van der Waals surface area contributed by atoms with E-state index >= 15 is 0 Å². The number of carbonyl (C=O) groups excluding carboxylic acids is 3. The van der Waals surface area contributed by atoms with Gasteiger partial charge in [-0.25, -0.2) is 0 Å².